The largest absolute Gasteiger partial charge is 0.394 e. The van der Waals surface area contributed by atoms with Crippen LogP contribution >= 0.6 is 0 Å². The van der Waals surface area contributed by atoms with E-state index in [1.165, 1.54) is 180 Å². The summed E-state index contributed by atoms with van der Waals surface area (Å²) in [5, 5.41) is 23.1. The molecule has 0 aromatic carbocycles. The van der Waals surface area contributed by atoms with Gasteiger partial charge in [0, 0.05) is 6.42 Å². The molecule has 0 saturated heterocycles. The molecular weight excluding hydrogens is 687 g/mol. The van der Waals surface area contributed by atoms with Gasteiger partial charge < -0.3 is 15.5 Å². The summed E-state index contributed by atoms with van der Waals surface area (Å²) >= 11 is 0. The molecule has 2 unspecified atom stereocenters. The molecule has 0 aromatic heterocycles. The highest BCUT2D eigenvalue weighted by atomic mass is 16.3. The van der Waals surface area contributed by atoms with Gasteiger partial charge in [-0.2, -0.15) is 0 Å². The van der Waals surface area contributed by atoms with Crippen molar-refractivity contribution in [3.8, 4) is 0 Å². The second-order valence-electron chi connectivity index (χ2n) is 16.9. The average Bonchev–Trinajstić information content (AvgIpc) is 3.20. The normalized spacial score (nSPS) is 13.3. The highest BCUT2D eigenvalue weighted by molar-refractivity contribution is 5.76. The number of carbonyl (C=O) groups excluding carboxylic acids is 1. The summed E-state index contributed by atoms with van der Waals surface area (Å²) in [5.74, 6) is -0.0803. The van der Waals surface area contributed by atoms with E-state index >= 15 is 0 Å². The third-order valence-corrected chi connectivity index (χ3v) is 11.3. The van der Waals surface area contributed by atoms with Gasteiger partial charge in [0.2, 0.25) is 5.91 Å². The highest BCUT2D eigenvalue weighted by Crippen LogP contribution is 2.17. The zero-order valence-electron chi connectivity index (χ0n) is 37.7. The Kier molecular flexibility index (Phi) is 46.3. The molecule has 0 saturated carbocycles. The molecule has 56 heavy (non-hydrogen) atoms. The smallest absolute Gasteiger partial charge is 0.220 e. The van der Waals surface area contributed by atoms with Gasteiger partial charge in [0.1, 0.15) is 0 Å². The SMILES string of the molecule is CC/C=C\C/C=C\C/C=C\CCCCCCCC(=O)NC(CO)C(O)/C=C/CCCCCCCCCCCCCCCCCCCCCCCCCCCCC. The molecule has 4 heteroatoms. The number of amides is 1. The van der Waals surface area contributed by atoms with Gasteiger partial charge in [-0.15, -0.1) is 0 Å². The summed E-state index contributed by atoms with van der Waals surface area (Å²) in [5.41, 5.74) is 0. The lowest BCUT2D eigenvalue weighted by molar-refractivity contribution is -0.123. The Balaban J connectivity index is 3.49. The number of aliphatic hydroxyl groups excluding tert-OH is 2. The quantitative estimate of drug-likeness (QED) is 0.0425. The van der Waals surface area contributed by atoms with Crippen LogP contribution in [-0.2, 0) is 4.79 Å². The van der Waals surface area contributed by atoms with Crippen molar-refractivity contribution >= 4 is 5.91 Å². The predicted molar refractivity (Wildman–Crippen MR) is 248 cm³/mol. The fraction of sp³-hybridized carbons (Fsp3) is 0.827. The first-order valence-electron chi connectivity index (χ1n) is 24.9. The van der Waals surface area contributed by atoms with Crippen LogP contribution in [0.2, 0.25) is 0 Å². The van der Waals surface area contributed by atoms with Gasteiger partial charge in [0.15, 0.2) is 0 Å². The minimum absolute atomic E-state index is 0.0803. The maximum atomic E-state index is 12.4. The number of hydrogen-bond acceptors (Lipinski definition) is 3. The molecule has 0 radical (unpaired) electrons. The minimum Gasteiger partial charge on any atom is -0.394 e. The van der Waals surface area contributed by atoms with Gasteiger partial charge in [0.05, 0.1) is 18.8 Å². The van der Waals surface area contributed by atoms with E-state index in [-0.39, 0.29) is 12.5 Å². The van der Waals surface area contributed by atoms with Gasteiger partial charge in [-0.05, 0) is 51.4 Å². The molecule has 0 aliphatic heterocycles. The lowest BCUT2D eigenvalue weighted by atomic mass is 10.0. The molecule has 0 heterocycles. The Morgan fingerprint density at radius 3 is 1.18 bits per heavy atom. The predicted octanol–water partition coefficient (Wildman–Crippen LogP) is 15.9. The molecule has 0 spiro atoms. The van der Waals surface area contributed by atoms with Crippen molar-refractivity contribution in [2.45, 2.75) is 270 Å². The van der Waals surface area contributed by atoms with E-state index in [9.17, 15) is 15.0 Å². The molecule has 0 aliphatic rings. The summed E-state index contributed by atoms with van der Waals surface area (Å²) in [6.45, 7) is 4.20. The van der Waals surface area contributed by atoms with E-state index in [2.05, 4.69) is 55.6 Å². The molecule has 328 valence electrons. The van der Waals surface area contributed by atoms with Crippen molar-refractivity contribution in [3.63, 3.8) is 0 Å². The van der Waals surface area contributed by atoms with Crippen LogP contribution < -0.4 is 5.32 Å². The Labute approximate surface area is 350 Å². The van der Waals surface area contributed by atoms with Crippen LogP contribution in [0.1, 0.15) is 258 Å². The topological polar surface area (TPSA) is 69.6 Å². The molecule has 0 bridgehead atoms. The number of unbranched alkanes of at least 4 members (excludes halogenated alkanes) is 32. The van der Waals surface area contributed by atoms with E-state index in [1.807, 2.05) is 6.08 Å². The molecule has 3 N–H and O–H groups in total. The van der Waals surface area contributed by atoms with Crippen LogP contribution in [0.4, 0.5) is 0 Å². The number of carbonyl (C=O) groups is 1. The zero-order valence-corrected chi connectivity index (χ0v) is 37.7. The molecule has 0 aromatic rings. The number of rotatable bonds is 45. The van der Waals surface area contributed by atoms with Gasteiger partial charge in [-0.3, -0.25) is 4.79 Å². The molecule has 4 nitrogen and oxygen atoms in total. The lowest BCUT2D eigenvalue weighted by Crippen LogP contribution is -2.45. The standard InChI is InChI=1S/C52H97NO3/c1-3-5-7-9-11-13-15-17-19-20-21-22-23-24-25-26-27-28-29-30-31-32-34-35-37-39-41-43-45-47-51(55)50(49-54)53-52(56)48-46-44-42-40-38-36-33-18-16-14-12-10-8-6-4-2/h6,8,12,14,18,33,45,47,50-51,54-55H,3-5,7,9-11,13,15-17,19-32,34-44,46,48-49H2,1-2H3,(H,53,56)/b8-6-,14-12-,33-18-,47-45+. The van der Waals surface area contributed by atoms with Crippen molar-refractivity contribution in [1.82, 2.24) is 5.32 Å². The molecule has 1 amide bonds. The number of hydrogen-bond donors (Lipinski definition) is 3. The fourth-order valence-corrected chi connectivity index (χ4v) is 7.55. The Bertz CT molecular complexity index is 893. The lowest BCUT2D eigenvalue weighted by Gasteiger charge is -2.20. The first-order valence-corrected chi connectivity index (χ1v) is 24.9. The van der Waals surface area contributed by atoms with E-state index < -0.39 is 12.1 Å². The second kappa shape index (κ2) is 47.7. The monoisotopic (exact) mass is 784 g/mol. The van der Waals surface area contributed by atoms with Crippen LogP contribution in [0.5, 0.6) is 0 Å². The zero-order chi connectivity index (χ0) is 40.7. The van der Waals surface area contributed by atoms with Crippen molar-refractivity contribution in [2.24, 2.45) is 0 Å². The van der Waals surface area contributed by atoms with E-state index in [0.29, 0.717) is 6.42 Å². The molecular formula is C52H97NO3. The number of allylic oxidation sites excluding steroid dienone is 7. The summed E-state index contributed by atoms with van der Waals surface area (Å²) in [7, 11) is 0. The van der Waals surface area contributed by atoms with Crippen LogP contribution in [0, 0.1) is 0 Å². The van der Waals surface area contributed by atoms with Gasteiger partial charge in [0.25, 0.3) is 0 Å². The van der Waals surface area contributed by atoms with E-state index in [4.69, 9.17) is 0 Å². The molecule has 0 rings (SSSR count). The van der Waals surface area contributed by atoms with Crippen LogP contribution in [-0.4, -0.2) is 34.9 Å². The first kappa shape index (κ1) is 54.3. The summed E-state index contributed by atoms with van der Waals surface area (Å²) < 4.78 is 0. The van der Waals surface area contributed by atoms with Crippen molar-refractivity contribution in [2.75, 3.05) is 6.61 Å². The maximum absolute atomic E-state index is 12.4. The van der Waals surface area contributed by atoms with Crippen LogP contribution in [0.15, 0.2) is 48.6 Å². The highest BCUT2D eigenvalue weighted by Gasteiger charge is 2.18. The Morgan fingerprint density at radius 2 is 0.786 bits per heavy atom. The van der Waals surface area contributed by atoms with Crippen molar-refractivity contribution in [3.05, 3.63) is 48.6 Å². The molecule has 0 aliphatic carbocycles. The van der Waals surface area contributed by atoms with Gasteiger partial charge >= 0.3 is 0 Å². The number of nitrogens with one attached hydrogen (secondary N) is 1. The van der Waals surface area contributed by atoms with E-state index in [0.717, 1.165) is 57.8 Å². The molecule has 2 atom stereocenters. The van der Waals surface area contributed by atoms with Crippen molar-refractivity contribution in [1.29, 1.82) is 0 Å². The second-order valence-corrected chi connectivity index (χ2v) is 16.9. The molecule has 0 fully saturated rings. The third-order valence-electron chi connectivity index (χ3n) is 11.3. The van der Waals surface area contributed by atoms with Crippen molar-refractivity contribution < 1.29 is 15.0 Å². The minimum atomic E-state index is -0.848. The average molecular weight is 784 g/mol. The van der Waals surface area contributed by atoms with Gasteiger partial charge in [-0.25, -0.2) is 0 Å². The maximum Gasteiger partial charge on any atom is 0.220 e. The van der Waals surface area contributed by atoms with Crippen LogP contribution in [0.25, 0.3) is 0 Å². The first-order chi connectivity index (χ1) is 27.7. The summed E-state index contributed by atoms with van der Waals surface area (Å²) in [6, 6.07) is -0.632. The number of aliphatic hydroxyl groups is 2. The Morgan fingerprint density at radius 1 is 0.446 bits per heavy atom. The third kappa shape index (κ3) is 43.5. The summed E-state index contributed by atoms with van der Waals surface area (Å²) in [6.07, 6.45) is 65.4. The van der Waals surface area contributed by atoms with Gasteiger partial charge in [-0.1, -0.05) is 249 Å². The van der Waals surface area contributed by atoms with E-state index in [1.54, 1.807) is 6.08 Å². The Hall–Kier alpha value is -1.65. The fourth-order valence-electron chi connectivity index (χ4n) is 7.55. The summed E-state index contributed by atoms with van der Waals surface area (Å²) in [4.78, 5) is 12.4. The van der Waals surface area contributed by atoms with Crippen LogP contribution in [0.3, 0.4) is 0 Å².